The number of anilines is 1. The van der Waals surface area contributed by atoms with Gasteiger partial charge >= 0.3 is 6.18 Å². The summed E-state index contributed by atoms with van der Waals surface area (Å²) in [6.45, 7) is 1.37. The number of alkyl halides is 3. The first kappa shape index (κ1) is 15.3. The van der Waals surface area contributed by atoms with Crippen LogP contribution in [0.15, 0.2) is 30.6 Å². The van der Waals surface area contributed by atoms with Crippen molar-refractivity contribution in [2.45, 2.75) is 25.1 Å². The van der Waals surface area contributed by atoms with Crippen molar-refractivity contribution >= 4 is 5.82 Å². The van der Waals surface area contributed by atoms with Crippen molar-refractivity contribution in [2.24, 2.45) is 0 Å². The minimum absolute atomic E-state index is 0.0410. The Hall–Kier alpha value is -2.56. The second-order valence-electron chi connectivity index (χ2n) is 5.41. The number of halogens is 3. The Morgan fingerprint density at radius 2 is 1.91 bits per heavy atom. The smallest absolute Gasteiger partial charge is 0.356 e. The molecule has 120 valence electrons. The van der Waals surface area contributed by atoms with Crippen molar-refractivity contribution in [3.8, 4) is 6.07 Å². The Balaban J connectivity index is 1.64. The van der Waals surface area contributed by atoms with E-state index in [-0.39, 0.29) is 6.04 Å². The van der Waals surface area contributed by atoms with Crippen LogP contribution >= 0.6 is 0 Å². The van der Waals surface area contributed by atoms with Crippen LogP contribution in [0.25, 0.3) is 0 Å². The van der Waals surface area contributed by atoms with E-state index in [0.717, 1.165) is 11.9 Å². The van der Waals surface area contributed by atoms with Gasteiger partial charge in [0.15, 0.2) is 5.69 Å². The number of aromatic nitrogens is 3. The molecule has 23 heavy (non-hydrogen) atoms. The van der Waals surface area contributed by atoms with E-state index in [1.165, 1.54) is 17.1 Å². The lowest BCUT2D eigenvalue weighted by Gasteiger charge is -2.32. The van der Waals surface area contributed by atoms with Gasteiger partial charge in [0.25, 0.3) is 0 Å². The Morgan fingerprint density at radius 1 is 1.17 bits per heavy atom. The monoisotopic (exact) mass is 321 g/mol. The molecule has 0 spiro atoms. The van der Waals surface area contributed by atoms with Crippen molar-refractivity contribution in [2.75, 3.05) is 18.0 Å². The Kier molecular flexibility index (Phi) is 3.94. The van der Waals surface area contributed by atoms with E-state index in [0.29, 0.717) is 31.5 Å². The first-order valence-electron chi connectivity index (χ1n) is 7.21. The first-order chi connectivity index (χ1) is 11.0. The lowest BCUT2D eigenvalue weighted by Crippen LogP contribution is -2.35. The van der Waals surface area contributed by atoms with Gasteiger partial charge in [0.2, 0.25) is 0 Å². The van der Waals surface area contributed by atoms with Crippen LogP contribution in [0.3, 0.4) is 0 Å². The molecule has 2 aromatic heterocycles. The maximum absolute atomic E-state index is 12.6. The normalized spacial score (nSPS) is 16.3. The fourth-order valence-corrected chi connectivity index (χ4v) is 2.69. The number of hydrogen-bond acceptors (Lipinski definition) is 4. The van der Waals surface area contributed by atoms with Crippen LogP contribution in [-0.2, 0) is 6.18 Å². The lowest BCUT2D eigenvalue weighted by atomic mass is 10.1. The molecule has 0 saturated carbocycles. The number of rotatable bonds is 2. The topological polar surface area (TPSA) is 57.7 Å². The molecule has 1 aliphatic heterocycles. The van der Waals surface area contributed by atoms with Crippen LogP contribution in [0.2, 0.25) is 0 Å². The van der Waals surface area contributed by atoms with E-state index in [4.69, 9.17) is 5.26 Å². The van der Waals surface area contributed by atoms with Gasteiger partial charge in [-0.2, -0.15) is 23.5 Å². The molecule has 0 atom stereocenters. The van der Waals surface area contributed by atoms with Crippen LogP contribution < -0.4 is 4.90 Å². The minimum Gasteiger partial charge on any atom is -0.356 e. The zero-order chi connectivity index (χ0) is 16.4. The highest BCUT2D eigenvalue weighted by Gasteiger charge is 2.34. The lowest BCUT2D eigenvalue weighted by molar-refractivity contribution is -0.141. The summed E-state index contributed by atoms with van der Waals surface area (Å²) in [5.74, 6) is 0.777. The third kappa shape index (κ3) is 3.28. The SMILES string of the molecule is N#Cc1ccc(N2CCC(n3ccc(C(F)(F)F)n3)CC2)nc1. The Bertz CT molecular complexity index is 706. The van der Waals surface area contributed by atoms with Crippen LogP contribution in [0.1, 0.15) is 30.1 Å². The van der Waals surface area contributed by atoms with E-state index in [1.807, 2.05) is 6.07 Å². The highest BCUT2D eigenvalue weighted by molar-refractivity contribution is 5.42. The molecule has 1 fully saturated rings. The summed E-state index contributed by atoms with van der Waals surface area (Å²) in [7, 11) is 0. The molecule has 3 heterocycles. The van der Waals surface area contributed by atoms with Gasteiger partial charge in [0, 0.05) is 25.5 Å². The van der Waals surface area contributed by atoms with Gasteiger partial charge in [-0.25, -0.2) is 4.98 Å². The molecule has 5 nitrogen and oxygen atoms in total. The number of nitriles is 1. The summed E-state index contributed by atoms with van der Waals surface area (Å²) in [4.78, 5) is 6.30. The molecule has 0 N–H and O–H groups in total. The van der Waals surface area contributed by atoms with E-state index in [2.05, 4.69) is 15.0 Å². The van der Waals surface area contributed by atoms with Crippen molar-refractivity contribution in [3.63, 3.8) is 0 Å². The second kappa shape index (κ2) is 5.91. The quantitative estimate of drug-likeness (QED) is 0.853. The van der Waals surface area contributed by atoms with Gasteiger partial charge in [0.1, 0.15) is 11.9 Å². The number of nitrogens with zero attached hydrogens (tertiary/aromatic N) is 5. The largest absolute Gasteiger partial charge is 0.435 e. The molecule has 0 aliphatic carbocycles. The Morgan fingerprint density at radius 3 is 2.43 bits per heavy atom. The molecule has 8 heteroatoms. The van der Waals surface area contributed by atoms with Gasteiger partial charge in [-0.15, -0.1) is 0 Å². The zero-order valence-corrected chi connectivity index (χ0v) is 12.2. The molecule has 1 aliphatic rings. The maximum atomic E-state index is 12.6. The molecule has 3 rings (SSSR count). The third-order valence-corrected chi connectivity index (χ3v) is 3.94. The minimum atomic E-state index is -4.40. The summed E-state index contributed by atoms with van der Waals surface area (Å²) in [5, 5.41) is 12.4. The molecular formula is C15H14F3N5. The van der Waals surface area contributed by atoms with Crippen LogP contribution in [-0.4, -0.2) is 27.9 Å². The predicted octanol–water partition coefficient (Wildman–Crippen LogP) is 3.01. The molecule has 0 radical (unpaired) electrons. The molecule has 0 unspecified atom stereocenters. The summed E-state index contributed by atoms with van der Waals surface area (Å²) < 4.78 is 39.2. The fraction of sp³-hybridized carbons (Fsp3) is 0.400. The average molecular weight is 321 g/mol. The Labute approximate surface area is 131 Å². The fourth-order valence-electron chi connectivity index (χ4n) is 2.69. The average Bonchev–Trinajstić information content (AvgIpc) is 3.05. The second-order valence-corrected chi connectivity index (χ2v) is 5.41. The van der Waals surface area contributed by atoms with Crippen molar-refractivity contribution in [1.29, 1.82) is 5.26 Å². The van der Waals surface area contributed by atoms with Gasteiger partial charge in [-0.1, -0.05) is 0 Å². The van der Waals surface area contributed by atoms with Crippen LogP contribution in [0.5, 0.6) is 0 Å². The summed E-state index contributed by atoms with van der Waals surface area (Å²) in [6, 6.07) is 6.48. The third-order valence-electron chi connectivity index (χ3n) is 3.94. The van der Waals surface area contributed by atoms with Gasteiger partial charge in [0.05, 0.1) is 11.6 Å². The van der Waals surface area contributed by atoms with Gasteiger partial charge in [-0.05, 0) is 31.0 Å². The molecular weight excluding hydrogens is 307 g/mol. The van der Waals surface area contributed by atoms with E-state index < -0.39 is 11.9 Å². The van der Waals surface area contributed by atoms with Gasteiger partial charge in [-0.3, -0.25) is 4.68 Å². The first-order valence-corrected chi connectivity index (χ1v) is 7.21. The summed E-state index contributed by atoms with van der Waals surface area (Å²) in [5.41, 5.74) is -0.353. The molecule has 0 amide bonds. The molecule has 1 saturated heterocycles. The molecule has 0 aromatic carbocycles. The van der Waals surface area contributed by atoms with Crippen LogP contribution in [0.4, 0.5) is 19.0 Å². The highest BCUT2D eigenvalue weighted by Crippen LogP contribution is 2.30. The predicted molar refractivity (Wildman–Crippen MR) is 76.7 cm³/mol. The van der Waals surface area contributed by atoms with Crippen molar-refractivity contribution in [1.82, 2.24) is 14.8 Å². The van der Waals surface area contributed by atoms with Gasteiger partial charge < -0.3 is 4.90 Å². The molecule has 0 bridgehead atoms. The number of hydrogen-bond donors (Lipinski definition) is 0. The summed E-state index contributed by atoms with van der Waals surface area (Å²) in [6.07, 6.45) is -0.104. The zero-order valence-electron chi connectivity index (χ0n) is 12.2. The van der Waals surface area contributed by atoms with E-state index in [1.54, 1.807) is 12.1 Å². The van der Waals surface area contributed by atoms with Crippen molar-refractivity contribution < 1.29 is 13.2 Å². The summed E-state index contributed by atoms with van der Waals surface area (Å²) >= 11 is 0. The standard InChI is InChI=1S/C15H14F3N5/c16-15(17,18)13-5-8-23(21-13)12-3-6-22(7-4-12)14-2-1-11(9-19)10-20-14/h1-2,5,8,10,12H,3-4,6-7H2. The van der Waals surface area contributed by atoms with Crippen molar-refractivity contribution in [3.05, 3.63) is 41.9 Å². The number of pyridine rings is 1. The van der Waals surface area contributed by atoms with E-state index in [9.17, 15) is 13.2 Å². The number of piperidine rings is 1. The van der Waals surface area contributed by atoms with E-state index >= 15 is 0 Å². The maximum Gasteiger partial charge on any atom is 0.435 e. The van der Waals surface area contributed by atoms with Crippen LogP contribution in [0, 0.1) is 11.3 Å². The highest BCUT2D eigenvalue weighted by atomic mass is 19.4. The molecule has 2 aromatic rings.